The number of alkyl halides is 2. The lowest BCUT2D eigenvalue weighted by atomic mass is 10.1. The molecule has 0 aliphatic carbocycles. The Balaban J connectivity index is 1.62. The predicted octanol–water partition coefficient (Wildman–Crippen LogP) is 4.43. The molecule has 0 bridgehead atoms. The highest BCUT2D eigenvalue weighted by molar-refractivity contribution is 7.99. The second-order valence-electron chi connectivity index (χ2n) is 6.48. The topological polar surface area (TPSA) is 69.0 Å². The van der Waals surface area contributed by atoms with Crippen LogP contribution in [0.5, 0.6) is 5.75 Å². The summed E-state index contributed by atoms with van der Waals surface area (Å²) in [5.41, 5.74) is 3.62. The number of amides is 1. The van der Waals surface area contributed by atoms with E-state index in [0.29, 0.717) is 16.5 Å². The number of rotatable bonds is 7. The van der Waals surface area contributed by atoms with E-state index in [0.717, 1.165) is 16.8 Å². The van der Waals surface area contributed by atoms with E-state index >= 15 is 0 Å². The molecule has 0 saturated carbocycles. The second kappa shape index (κ2) is 9.04. The molecule has 0 aliphatic rings. The zero-order chi connectivity index (χ0) is 21.0. The van der Waals surface area contributed by atoms with Gasteiger partial charge in [-0.3, -0.25) is 4.79 Å². The molecule has 1 N–H and O–H groups in total. The number of nitrogens with zero attached hydrogens (tertiary/aromatic N) is 3. The van der Waals surface area contributed by atoms with Crippen LogP contribution in [0.3, 0.4) is 0 Å². The quantitative estimate of drug-likeness (QED) is 0.575. The summed E-state index contributed by atoms with van der Waals surface area (Å²) in [4.78, 5) is 12.3. The van der Waals surface area contributed by atoms with Gasteiger partial charge in [-0.1, -0.05) is 17.8 Å². The number of halogens is 2. The zero-order valence-electron chi connectivity index (χ0n) is 16.1. The fraction of sp³-hybridized carbons (Fsp3) is 0.250. The van der Waals surface area contributed by atoms with Gasteiger partial charge in [0.05, 0.1) is 5.75 Å². The lowest BCUT2D eigenvalue weighted by molar-refractivity contribution is -0.113. The van der Waals surface area contributed by atoms with Gasteiger partial charge in [-0.15, -0.1) is 10.2 Å². The molecule has 0 spiro atoms. The molecular formula is C20H20F2N4O2S. The number of aromatic nitrogens is 3. The Bertz CT molecular complexity index is 986. The molecule has 0 fully saturated rings. The van der Waals surface area contributed by atoms with Crippen LogP contribution in [0, 0.1) is 13.8 Å². The van der Waals surface area contributed by atoms with Gasteiger partial charge >= 0.3 is 6.61 Å². The number of anilines is 1. The monoisotopic (exact) mass is 418 g/mol. The largest absolute Gasteiger partial charge is 0.435 e. The van der Waals surface area contributed by atoms with Gasteiger partial charge in [0.2, 0.25) is 5.91 Å². The van der Waals surface area contributed by atoms with Crippen LogP contribution >= 0.6 is 11.8 Å². The van der Waals surface area contributed by atoms with Crippen LogP contribution in [-0.4, -0.2) is 33.0 Å². The molecule has 0 radical (unpaired) electrons. The molecule has 1 aromatic heterocycles. The first-order chi connectivity index (χ1) is 13.8. The number of aryl methyl sites for hydroxylation is 2. The minimum atomic E-state index is -2.87. The number of nitrogens with one attached hydrogen (secondary N) is 1. The molecule has 152 valence electrons. The van der Waals surface area contributed by atoms with Crippen molar-refractivity contribution in [2.24, 2.45) is 7.05 Å². The summed E-state index contributed by atoms with van der Waals surface area (Å²) in [6, 6.07) is 12.0. The molecule has 0 saturated heterocycles. The summed E-state index contributed by atoms with van der Waals surface area (Å²) in [5, 5.41) is 11.7. The van der Waals surface area contributed by atoms with Crippen molar-refractivity contribution in [1.82, 2.24) is 14.8 Å². The van der Waals surface area contributed by atoms with Gasteiger partial charge in [0.1, 0.15) is 5.75 Å². The van der Waals surface area contributed by atoms with Gasteiger partial charge < -0.3 is 14.6 Å². The van der Waals surface area contributed by atoms with Gasteiger partial charge in [-0.2, -0.15) is 8.78 Å². The zero-order valence-corrected chi connectivity index (χ0v) is 17.0. The van der Waals surface area contributed by atoms with Crippen LogP contribution in [0.4, 0.5) is 14.5 Å². The van der Waals surface area contributed by atoms with E-state index in [2.05, 4.69) is 20.3 Å². The highest BCUT2D eigenvalue weighted by Crippen LogP contribution is 2.25. The van der Waals surface area contributed by atoms with E-state index < -0.39 is 6.61 Å². The molecule has 3 aromatic rings. The summed E-state index contributed by atoms with van der Waals surface area (Å²) in [6.45, 7) is 1.09. The second-order valence-corrected chi connectivity index (χ2v) is 7.42. The molecule has 9 heteroatoms. The number of hydrogen-bond donors (Lipinski definition) is 1. The predicted molar refractivity (Wildman–Crippen MR) is 108 cm³/mol. The summed E-state index contributed by atoms with van der Waals surface area (Å²) >= 11 is 1.26. The van der Waals surface area contributed by atoms with Crippen LogP contribution in [0.25, 0.3) is 11.4 Å². The maximum absolute atomic E-state index is 12.3. The maximum atomic E-state index is 12.3. The summed E-state index contributed by atoms with van der Waals surface area (Å²) in [5.74, 6) is 0.674. The Morgan fingerprint density at radius 1 is 1.14 bits per heavy atom. The van der Waals surface area contributed by atoms with Crippen LogP contribution in [0.15, 0.2) is 47.6 Å². The van der Waals surface area contributed by atoms with Crippen LogP contribution < -0.4 is 10.1 Å². The van der Waals surface area contributed by atoms with E-state index in [9.17, 15) is 13.6 Å². The minimum absolute atomic E-state index is 0.0728. The number of carbonyl (C=O) groups excluding carboxylic acids is 1. The van der Waals surface area contributed by atoms with Crippen molar-refractivity contribution in [3.63, 3.8) is 0 Å². The molecule has 0 unspecified atom stereocenters. The van der Waals surface area contributed by atoms with Crippen LogP contribution in [0.1, 0.15) is 11.1 Å². The molecule has 6 nitrogen and oxygen atoms in total. The SMILES string of the molecule is Cc1cc(C)cc(NC(=O)CSc2nnc(-c3ccc(OC(F)F)cc3)n2C)c1. The molecule has 0 aliphatic heterocycles. The normalized spacial score (nSPS) is 11.0. The Morgan fingerprint density at radius 2 is 1.79 bits per heavy atom. The first kappa shape index (κ1) is 20.8. The van der Waals surface area contributed by atoms with Crippen LogP contribution in [-0.2, 0) is 11.8 Å². The fourth-order valence-electron chi connectivity index (χ4n) is 2.85. The Labute approximate surface area is 171 Å². The van der Waals surface area contributed by atoms with E-state index in [1.54, 1.807) is 23.7 Å². The molecule has 3 rings (SSSR count). The Kier molecular flexibility index (Phi) is 6.48. The number of thioether (sulfide) groups is 1. The lowest BCUT2D eigenvalue weighted by Gasteiger charge is -2.08. The summed E-state index contributed by atoms with van der Waals surface area (Å²) in [7, 11) is 1.78. The third kappa shape index (κ3) is 5.54. The number of hydrogen-bond acceptors (Lipinski definition) is 5. The van der Waals surface area contributed by atoms with Crippen molar-refractivity contribution in [3.05, 3.63) is 53.6 Å². The van der Waals surface area contributed by atoms with Crippen molar-refractivity contribution in [2.75, 3.05) is 11.1 Å². The number of benzene rings is 2. The molecule has 1 amide bonds. The highest BCUT2D eigenvalue weighted by Gasteiger charge is 2.14. The van der Waals surface area contributed by atoms with Crippen molar-refractivity contribution < 1.29 is 18.3 Å². The van der Waals surface area contributed by atoms with Gasteiger partial charge in [0, 0.05) is 18.3 Å². The highest BCUT2D eigenvalue weighted by atomic mass is 32.2. The number of ether oxygens (including phenoxy) is 1. The van der Waals surface area contributed by atoms with Crippen molar-refractivity contribution in [2.45, 2.75) is 25.6 Å². The Hall–Kier alpha value is -2.94. The van der Waals surface area contributed by atoms with E-state index in [1.807, 2.05) is 32.0 Å². The average Bonchev–Trinajstić information content (AvgIpc) is 3.00. The maximum Gasteiger partial charge on any atom is 0.387 e. The average molecular weight is 418 g/mol. The Morgan fingerprint density at radius 3 is 2.41 bits per heavy atom. The molecular weight excluding hydrogens is 398 g/mol. The summed E-state index contributed by atoms with van der Waals surface area (Å²) in [6.07, 6.45) is 0. The third-order valence-electron chi connectivity index (χ3n) is 4.01. The number of carbonyl (C=O) groups is 1. The molecule has 29 heavy (non-hydrogen) atoms. The van der Waals surface area contributed by atoms with Crippen molar-refractivity contribution >= 4 is 23.4 Å². The minimum Gasteiger partial charge on any atom is -0.435 e. The van der Waals surface area contributed by atoms with E-state index in [1.165, 1.54) is 23.9 Å². The molecule has 0 atom stereocenters. The van der Waals surface area contributed by atoms with Crippen molar-refractivity contribution in [1.29, 1.82) is 0 Å². The van der Waals surface area contributed by atoms with Crippen LogP contribution in [0.2, 0.25) is 0 Å². The summed E-state index contributed by atoms with van der Waals surface area (Å²) < 4.78 is 30.6. The first-order valence-electron chi connectivity index (χ1n) is 8.77. The first-order valence-corrected chi connectivity index (χ1v) is 9.76. The van der Waals surface area contributed by atoms with Gasteiger partial charge in [0.25, 0.3) is 0 Å². The lowest BCUT2D eigenvalue weighted by Crippen LogP contribution is -2.14. The van der Waals surface area contributed by atoms with E-state index in [-0.39, 0.29) is 17.4 Å². The van der Waals surface area contributed by atoms with Crippen molar-refractivity contribution in [3.8, 4) is 17.1 Å². The van der Waals surface area contributed by atoms with Gasteiger partial charge in [-0.25, -0.2) is 0 Å². The third-order valence-corrected chi connectivity index (χ3v) is 5.03. The smallest absolute Gasteiger partial charge is 0.387 e. The molecule has 1 heterocycles. The standard InChI is InChI=1S/C20H20F2N4O2S/c1-12-8-13(2)10-15(9-12)23-17(27)11-29-20-25-24-18(26(20)3)14-4-6-16(7-5-14)28-19(21)22/h4-10,19H,11H2,1-3H3,(H,23,27). The fourth-order valence-corrected chi connectivity index (χ4v) is 3.56. The van der Waals surface area contributed by atoms with E-state index in [4.69, 9.17) is 0 Å². The van der Waals surface area contributed by atoms with Gasteiger partial charge in [-0.05, 0) is 61.4 Å². The van der Waals surface area contributed by atoms with Gasteiger partial charge in [0.15, 0.2) is 11.0 Å². The molecule has 2 aromatic carbocycles.